The van der Waals surface area contributed by atoms with Crippen molar-refractivity contribution in [2.24, 2.45) is 5.92 Å². The summed E-state index contributed by atoms with van der Waals surface area (Å²) in [5, 5.41) is 9.18. The third kappa shape index (κ3) is 3.58. The van der Waals surface area contributed by atoms with E-state index >= 15 is 0 Å². The van der Waals surface area contributed by atoms with Crippen LogP contribution in [0.2, 0.25) is 0 Å². The Bertz CT molecular complexity index is 920. The number of fused-ring (bicyclic) bond motifs is 1. The molecule has 2 aromatic carbocycles. The van der Waals surface area contributed by atoms with Crippen molar-refractivity contribution in [3.63, 3.8) is 0 Å². The number of aromatic carboxylic acids is 1. The molecule has 148 valence electrons. The lowest BCUT2D eigenvalue weighted by Crippen LogP contribution is -2.24. The van der Waals surface area contributed by atoms with Gasteiger partial charge in [-0.1, -0.05) is 39.8 Å². The molecular formula is C25H31NO2. The number of carboxylic acid groups (broad SMARTS) is 1. The maximum atomic E-state index is 11.2. The number of carboxylic acids is 1. The largest absolute Gasteiger partial charge is 0.478 e. The summed E-state index contributed by atoms with van der Waals surface area (Å²) in [4.78, 5) is 13.4. The van der Waals surface area contributed by atoms with Crippen molar-refractivity contribution >= 4 is 22.9 Å². The van der Waals surface area contributed by atoms with E-state index in [1.807, 2.05) is 12.1 Å². The molecule has 0 bridgehead atoms. The second-order valence-corrected chi connectivity index (χ2v) is 8.68. The topological polar surface area (TPSA) is 40.5 Å². The molecule has 1 aliphatic rings. The molecule has 0 amide bonds. The highest BCUT2D eigenvalue weighted by molar-refractivity contribution is 5.88. The predicted molar refractivity (Wildman–Crippen MR) is 118 cm³/mol. The van der Waals surface area contributed by atoms with E-state index in [-0.39, 0.29) is 5.41 Å². The van der Waals surface area contributed by atoms with E-state index in [1.54, 1.807) is 12.1 Å². The van der Waals surface area contributed by atoms with E-state index < -0.39 is 5.97 Å². The van der Waals surface area contributed by atoms with Crippen LogP contribution in [0.4, 0.5) is 11.4 Å². The van der Waals surface area contributed by atoms with Crippen molar-refractivity contribution in [3.05, 3.63) is 64.7 Å². The first-order valence-electron chi connectivity index (χ1n) is 10.1. The van der Waals surface area contributed by atoms with E-state index in [0.29, 0.717) is 11.5 Å². The molecule has 1 N–H and O–H groups in total. The summed E-state index contributed by atoms with van der Waals surface area (Å²) in [7, 11) is 0. The van der Waals surface area contributed by atoms with E-state index in [0.717, 1.165) is 18.7 Å². The maximum absolute atomic E-state index is 11.2. The van der Waals surface area contributed by atoms with Gasteiger partial charge in [0, 0.05) is 17.9 Å². The van der Waals surface area contributed by atoms with E-state index in [2.05, 4.69) is 64.7 Å². The van der Waals surface area contributed by atoms with Crippen molar-refractivity contribution < 1.29 is 9.90 Å². The number of aryl methyl sites for hydroxylation is 1. The Kier molecular flexibility index (Phi) is 5.38. The number of benzene rings is 2. The Morgan fingerprint density at radius 2 is 1.82 bits per heavy atom. The highest BCUT2D eigenvalue weighted by atomic mass is 16.4. The molecular weight excluding hydrogens is 346 g/mol. The monoisotopic (exact) mass is 377 g/mol. The molecule has 0 spiro atoms. The molecule has 3 nitrogen and oxygen atoms in total. The highest BCUT2D eigenvalue weighted by Crippen LogP contribution is 2.44. The molecule has 0 saturated carbocycles. The first-order valence-corrected chi connectivity index (χ1v) is 10.1. The van der Waals surface area contributed by atoms with Gasteiger partial charge in [-0.05, 0) is 84.2 Å². The normalized spacial score (nSPS) is 15.2. The number of nitrogens with zero attached hydrogens (tertiary/aromatic N) is 1. The third-order valence-electron chi connectivity index (χ3n) is 5.86. The van der Waals surface area contributed by atoms with Crippen LogP contribution in [0.1, 0.15) is 68.1 Å². The highest BCUT2D eigenvalue weighted by Gasteiger charge is 2.30. The summed E-state index contributed by atoms with van der Waals surface area (Å²) in [6.07, 6.45) is 3.48. The molecule has 0 unspecified atom stereocenters. The summed E-state index contributed by atoms with van der Waals surface area (Å²) in [6.45, 7) is 14.3. The lowest BCUT2D eigenvalue weighted by Gasteiger charge is -2.36. The molecule has 2 aromatic rings. The van der Waals surface area contributed by atoms with Crippen LogP contribution in [0, 0.1) is 12.8 Å². The van der Waals surface area contributed by atoms with Crippen LogP contribution in [0.3, 0.4) is 0 Å². The molecule has 0 atom stereocenters. The lowest BCUT2D eigenvalue weighted by atomic mass is 9.71. The van der Waals surface area contributed by atoms with Crippen molar-refractivity contribution in [2.45, 2.75) is 53.4 Å². The first-order chi connectivity index (χ1) is 13.2. The number of anilines is 2. The third-order valence-corrected chi connectivity index (χ3v) is 5.86. The van der Waals surface area contributed by atoms with Crippen molar-refractivity contribution in [1.82, 2.24) is 0 Å². The average molecular weight is 378 g/mol. The lowest BCUT2D eigenvalue weighted by molar-refractivity contribution is 0.0697. The van der Waals surface area contributed by atoms with Gasteiger partial charge >= 0.3 is 5.97 Å². The van der Waals surface area contributed by atoms with Crippen LogP contribution in [0.15, 0.2) is 42.5 Å². The predicted octanol–water partition coefficient (Wildman–Crippen LogP) is 6.57. The number of hydrogen-bond donors (Lipinski definition) is 1. The van der Waals surface area contributed by atoms with Gasteiger partial charge < -0.3 is 10.0 Å². The SMILES string of the molecule is CCN(c1ccc(C(=O)O)cc1)c1cc2c(cc1C)C(C)(C)CC=C2C(C)C. The quantitative estimate of drug-likeness (QED) is 0.640. The van der Waals surface area contributed by atoms with Gasteiger partial charge in [-0.3, -0.25) is 0 Å². The van der Waals surface area contributed by atoms with Gasteiger partial charge in [0.05, 0.1) is 5.56 Å². The summed E-state index contributed by atoms with van der Waals surface area (Å²) >= 11 is 0. The zero-order valence-corrected chi connectivity index (χ0v) is 17.8. The van der Waals surface area contributed by atoms with Crippen LogP contribution in [-0.2, 0) is 5.41 Å². The van der Waals surface area contributed by atoms with Crippen LogP contribution in [0.25, 0.3) is 5.57 Å². The van der Waals surface area contributed by atoms with Gasteiger partial charge in [-0.2, -0.15) is 0 Å². The molecule has 3 heteroatoms. The standard InChI is InChI=1S/C25H31NO2/c1-7-26(19-10-8-18(9-11-19)24(27)28)23-15-21-20(16(2)3)12-13-25(5,6)22(21)14-17(23)4/h8-12,14-16H,7,13H2,1-6H3,(H,27,28). The molecule has 0 aromatic heterocycles. The molecule has 3 rings (SSSR count). The first kappa shape index (κ1) is 20.2. The zero-order chi connectivity index (χ0) is 20.6. The fraction of sp³-hybridized carbons (Fsp3) is 0.400. The summed E-state index contributed by atoms with van der Waals surface area (Å²) in [6, 6.07) is 11.8. The summed E-state index contributed by atoms with van der Waals surface area (Å²) < 4.78 is 0. The second-order valence-electron chi connectivity index (χ2n) is 8.68. The van der Waals surface area contributed by atoms with Crippen LogP contribution >= 0.6 is 0 Å². The summed E-state index contributed by atoms with van der Waals surface area (Å²) in [5.74, 6) is -0.413. The fourth-order valence-corrected chi connectivity index (χ4v) is 4.19. The Hall–Kier alpha value is -2.55. The van der Waals surface area contributed by atoms with Crippen LogP contribution in [-0.4, -0.2) is 17.6 Å². The Balaban J connectivity index is 2.12. The maximum Gasteiger partial charge on any atom is 0.335 e. The molecule has 0 saturated heterocycles. The molecule has 0 fully saturated rings. The molecule has 0 radical (unpaired) electrons. The van der Waals surface area contributed by atoms with Gasteiger partial charge in [0.15, 0.2) is 0 Å². The minimum atomic E-state index is -0.895. The van der Waals surface area contributed by atoms with E-state index in [9.17, 15) is 9.90 Å². The van der Waals surface area contributed by atoms with Crippen molar-refractivity contribution in [3.8, 4) is 0 Å². The van der Waals surface area contributed by atoms with Gasteiger partial charge in [0.1, 0.15) is 0 Å². The fourth-order valence-electron chi connectivity index (χ4n) is 4.19. The zero-order valence-electron chi connectivity index (χ0n) is 17.8. The number of rotatable bonds is 5. The molecule has 0 heterocycles. The van der Waals surface area contributed by atoms with Crippen molar-refractivity contribution in [2.75, 3.05) is 11.4 Å². The van der Waals surface area contributed by atoms with Gasteiger partial charge in [0.2, 0.25) is 0 Å². The van der Waals surface area contributed by atoms with E-state index in [1.165, 1.54) is 28.0 Å². The number of allylic oxidation sites excluding steroid dienone is 2. The van der Waals surface area contributed by atoms with Crippen LogP contribution < -0.4 is 4.90 Å². The molecule has 28 heavy (non-hydrogen) atoms. The number of hydrogen-bond acceptors (Lipinski definition) is 2. The minimum Gasteiger partial charge on any atom is -0.478 e. The van der Waals surface area contributed by atoms with Gasteiger partial charge in [-0.25, -0.2) is 4.79 Å². The Labute approximate surface area is 168 Å². The summed E-state index contributed by atoms with van der Waals surface area (Å²) in [5.41, 5.74) is 8.11. The number of carbonyl (C=O) groups is 1. The Morgan fingerprint density at radius 3 is 2.36 bits per heavy atom. The Morgan fingerprint density at radius 1 is 1.18 bits per heavy atom. The van der Waals surface area contributed by atoms with Crippen molar-refractivity contribution in [1.29, 1.82) is 0 Å². The molecule has 0 aliphatic heterocycles. The average Bonchev–Trinajstić information content (AvgIpc) is 2.63. The minimum absolute atomic E-state index is 0.136. The van der Waals surface area contributed by atoms with E-state index in [4.69, 9.17) is 0 Å². The van der Waals surface area contributed by atoms with Gasteiger partial charge in [-0.15, -0.1) is 0 Å². The molecule has 1 aliphatic carbocycles. The second kappa shape index (κ2) is 7.46. The van der Waals surface area contributed by atoms with Crippen LogP contribution in [0.5, 0.6) is 0 Å². The smallest absolute Gasteiger partial charge is 0.335 e. The van der Waals surface area contributed by atoms with Gasteiger partial charge in [0.25, 0.3) is 0 Å².